The number of benzene rings is 1. The Labute approximate surface area is 81.5 Å². The van der Waals surface area contributed by atoms with E-state index in [2.05, 4.69) is 15.4 Å². The van der Waals surface area contributed by atoms with Crippen LogP contribution in [-0.2, 0) is 6.54 Å². The van der Waals surface area contributed by atoms with Gasteiger partial charge in [-0.2, -0.15) is 0 Å². The molecule has 1 heterocycles. The van der Waals surface area contributed by atoms with E-state index in [0.717, 1.165) is 11.3 Å². The third-order valence-corrected chi connectivity index (χ3v) is 1.87. The minimum atomic E-state index is 0.311. The van der Waals surface area contributed by atoms with E-state index in [0.29, 0.717) is 12.4 Å². The fourth-order valence-corrected chi connectivity index (χ4v) is 1.19. The van der Waals surface area contributed by atoms with Crippen molar-refractivity contribution in [3.63, 3.8) is 0 Å². The first kappa shape index (κ1) is 8.83. The van der Waals surface area contributed by atoms with E-state index in [9.17, 15) is 0 Å². The van der Waals surface area contributed by atoms with Gasteiger partial charge in [-0.05, 0) is 29.8 Å². The van der Waals surface area contributed by atoms with Crippen LogP contribution in [0.1, 0.15) is 11.4 Å². The molecule has 5 nitrogen and oxygen atoms in total. The van der Waals surface area contributed by atoms with Gasteiger partial charge in [0.2, 0.25) is 0 Å². The predicted octanol–water partition coefficient (Wildman–Crippen LogP) is 0.429. The van der Waals surface area contributed by atoms with E-state index in [4.69, 9.17) is 5.73 Å². The highest BCUT2D eigenvalue weighted by atomic mass is 15.6. The topological polar surface area (TPSA) is 69.6 Å². The van der Waals surface area contributed by atoms with E-state index in [-0.39, 0.29) is 0 Å². The molecule has 0 aliphatic rings. The lowest BCUT2D eigenvalue weighted by atomic mass is 10.2. The maximum atomic E-state index is 5.39. The van der Waals surface area contributed by atoms with E-state index in [1.165, 1.54) is 4.80 Å². The minimum absolute atomic E-state index is 0.311. The lowest BCUT2D eigenvalue weighted by molar-refractivity contribution is 0.717. The van der Waals surface area contributed by atoms with Crippen molar-refractivity contribution in [1.29, 1.82) is 0 Å². The molecule has 0 fully saturated rings. The predicted molar refractivity (Wildman–Crippen MR) is 51.8 cm³/mol. The lowest BCUT2D eigenvalue weighted by Gasteiger charge is -1.98. The van der Waals surface area contributed by atoms with Crippen LogP contribution >= 0.6 is 0 Å². The first-order valence-corrected chi connectivity index (χ1v) is 4.35. The van der Waals surface area contributed by atoms with E-state index in [1.54, 1.807) is 0 Å². The van der Waals surface area contributed by atoms with E-state index in [1.807, 2.05) is 31.2 Å². The Balaban J connectivity index is 2.39. The molecule has 2 N–H and O–H groups in total. The van der Waals surface area contributed by atoms with Crippen LogP contribution in [0.15, 0.2) is 24.3 Å². The maximum absolute atomic E-state index is 5.39. The summed E-state index contributed by atoms with van der Waals surface area (Å²) in [5.41, 5.74) is 7.45. The molecule has 0 bridgehead atoms. The summed E-state index contributed by atoms with van der Waals surface area (Å²) in [7, 11) is 0. The summed E-state index contributed by atoms with van der Waals surface area (Å²) >= 11 is 0. The molecule has 14 heavy (non-hydrogen) atoms. The standard InChI is InChI=1S/C9H11N5/c1-7-3-2-4-8(5-7)14-12-9(6-10)11-13-14/h2-5H,6,10H2,1H3. The first-order valence-electron chi connectivity index (χ1n) is 4.35. The van der Waals surface area contributed by atoms with Crippen molar-refractivity contribution >= 4 is 0 Å². The smallest absolute Gasteiger partial charge is 0.188 e. The molecule has 0 saturated heterocycles. The number of nitrogens with zero attached hydrogens (tertiary/aromatic N) is 4. The van der Waals surface area contributed by atoms with Gasteiger partial charge in [0, 0.05) is 0 Å². The molecule has 0 spiro atoms. The number of rotatable bonds is 2. The molecule has 0 atom stereocenters. The van der Waals surface area contributed by atoms with Gasteiger partial charge in [-0.3, -0.25) is 0 Å². The zero-order valence-electron chi connectivity index (χ0n) is 7.88. The Hall–Kier alpha value is -1.75. The van der Waals surface area contributed by atoms with Crippen LogP contribution in [0.2, 0.25) is 0 Å². The van der Waals surface area contributed by atoms with Gasteiger partial charge >= 0.3 is 0 Å². The molecular formula is C9H11N5. The normalized spacial score (nSPS) is 10.4. The number of nitrogens with two attached hydrogens (primary N) is 1. The highest BCUT2D eigenvalue weighted by Gasteiger charge is 2.02. The fourth-order valence-electron chi connectivity index (χ4n) is 1.19. The first-order chi connectivity index (χ1) is 6.79. The van der Waals surface area contributed by atoms with Crippen molar-refractivity contribution in [3.8, 4) is 5.69 Å². The van der Waals surface area contributed by atoms with Gasteiger partial charge in [-0.25, -0.2) is 0 Å². The molecule has 0 radical (unpaired) electrons. The zero-order chi connectivity index (χ0) is 9.97. The van der Waals surface area contributed by atoms with Crippen molar-refractivity contribution < 1.29 is 0 Å². The summed E-state index contributed by atoms with van der Waals surface area (Å²) in [5, 5.41) is 11.8. The Morgan fingerprint density at radius 3 is 2.93 bits per heavy atom. The summed E-state index contributed by atoms with van der Waals surface area (Å²) in [6, 6.07) is 7.89. The number of hydrogen-bond donors (Lipinski definition) is 1. The Bertz CT molecular complexity index is 434. The Morgan fingerprint density at radius 2 is 2.29 bits per heavy atom. The highest BCUT2D eigenvalue weighted by molar-refractivity contribution is 5.32. The molecule has 2 rings (SSSR count). The maximum Gasteiger partial charge on any atom is 0.188 e. The molecule has 0 unspecified atom stereocenters. The molecule has 0 aliphatic carbocycles. The summed E-state index contributed by atoms with van der Waals surface area (Å²) in [5.74, 6) is 0.548. The van der Waals surface area contributed by atoms with Crippen LogP contribution in [0.4, 0.5) is 0 Å². The second-order valence-electron chi connectivity index (χ2n) is 3.04. The van der Waals surface area contributed by atoms with Crippen LogP contribution in [0.5, 0.6) is 0 Å². The minimum Gasteiger partial charge on any atom is -0.324 e. The molecular weight excluding hydrogens is 178 g/mol. The summed E-state index contributed by atoms with van der Waals surface area (Å²) < 4.78 is 0. The largest absolute Gasteiger partial charge is 0.324 e. The molecule has 5 heteroatoms. The third kappa shape index (κ3) is 1.62. The Morgan fingerprint density at radius 1 is 1.43 bits per heavy atom. The van der Waals surface area contributed by atoms with Gasteiger partial charge in [0.1, 0.15) is 0 Å². The van der Waals surface area contributed by atoms with Crippen LogP contribution in [0.25, 0.3) is 5.69 Å². The molecule has 1 aromatic heterocycles. The quantitative estimate of drug-likeness (QED) is 0.743. The zero-order valence-corrected chi connectivity index (χ0v) is 7.88. The lowest BCUT2D eigenvalue weighted by Crippen LogP contribution is -2.01. The van der Waals surface area contributed by atoms with E-state index >= 15 is 0 Å². The van der Waals surface area contributed by atoms with Crippen LogP contribution in [0, 0.1) is 6.92 Å². The number of aromatic nitrogens is 4. The molecule has 0 aliphatic heterocycles. The van der Waals surface area contributed by atoms with Crippen LogP contribution in [0.3, 0.4) is 0 Å². The van der Waals surface area contributed by atoms with E-state index < -0.39 is 0 Å². The second-order valence-corrected chi connectivity index (χ2v) is 3.04. The van der Waals surface area contributed by atoms with Crippen molar-refractivity contribution in [2.75, 3.05) is 0 Å². The Kier molecular flexibility index (Phi) is 2.24. The van der Waals surface area contributed by atoms with Gasteiger partial charge in [-0.1, -0.05) is 12.1 Å². The monoisotopic (exact) mass is 189 g/mol. The molecule has 0 saturated carbocycles. The van der Waals surface area contributed by atoms with Gasteiger partial charge in [0.05, 0.1) is 12.2 Å². The number of hydrogen-bond acceptors (Lipinski definition) is 4. The summed E-state index contributed by atoms with van der Waals surface area (Å²) in [4.78, 5) is 1.48. The van der Waals surface area contributed by atoms with Crippen molar-refractivity contribution in [2.24, 2.45) is 5.73 Å². The molecule has 2 aromatic rings. The van der Waals surface area contributed by atoms with Gasteiger partial charge in [0.15, 0.2) is 5.82 Å². The van der Waals surface area contributed by atoms with Gasteiger partial charge < -0.3 is 5.73 Å². The van der Waals surface area contributed by atoms with Gasteiger partial charge in [-0.15, -0.1) is 15.0 Å². The average Bonchev–Trinajstić information content (AvgIpc) is 2.66. The second kappa shape index (κ2) is 3.55. The summed E-state index contributed by atoms with van der Waals surface area (Å²) in [6.07, 6.45) is 0. The molecule has 1 aromatic carbocycles. The number of tetrazole rings is 1. The highest BCUT2D eigenvalue weighted by Crippen LogP contribution is 2.06. The third-order valence-electron chi connectivity index (χ3n) is 1.87. The van der Waals surface area contributed by atoms with Gasteiger partial charge in [0.25, 0.3) is 0 Å². The van der Waals surface area contributed by atoms with Crippen LogP contribution < -0.4 is 5.73 Å². The van der Waals surface area contributed by atoms with Crippen molar-refractivity contribution in [2.45, 2.75) is 13.5 Å². The molecule has 0 amide bonds. The fraction of sp³-hybridized carbons (Fsp3) is 0.222. The van der Waals surface area contributed by atoms with Crippen molar-refractivity contribution in [3.05, 3.63) is 35.7 Å². The average molecular weight is 189 g/mol. The van der Waals surface area contributed by atoms with Crippen molar-refractivity contribution in [1.82, 2.24) is 20.2 Å². The van der Waals surface area contributed by atoms with Crippen LogP contribution in [-0.4, -0.2) is 20.2 Å². The molecule has 72 valence electrons. The SMILES string of the molecule is Cc1cccc(-n2nnc(CN)n2)c1. The number of aryl methyl sites for hydroxylation is 1. The summed E-state index contributed by atoms with van der Waals surface area (Å²) in [6.45, 7) is 2.33.